The molecule has 5 heteroatoms. The third kappa shape index (κ3) is 1.64. The summed E-state index contributed by atoms with van der Waals surface area (Å²) in [6.45, 7) is 6.67. The van der Waals surface area contributed by atoms with E-state index in [0.29, 0.717) is 11.6 Å². The van der Waals surface area contributed by atoms with Gasteiger partial charge in [-0.05, 0) is 20.8 Å². The van der Waals surface area contributed by atoms with Crippen LogP contribution in [0.1, 0.15) is 18.3 Å². The smallest absolute Gasteiger partial charge is 0.159 e. The lowest BCUT2D eigenvalue weighted by molar-refractivity contribution is 0.766. The van der Waals surface area contributed by atoms with E-state index in [1.54, 1.807) is 6.20 Å². The van der Waals surface area contributed by atoms with E-state index in [4.69, 9.17) is 5.73 Å². The first-order valence-electron chi connectivity index (χ1n) is 5.25. The number of aromatic nitrogens is 4. The quantitative estimate of drug-likeness (QED) is 0.828. The Balaban J connectivity index is 2.64. The summed E-state index contributed by atoms with van der Waals surface area (Å²) in [5, 5.41) is 0. The molecule has 0 atom stereocenters. The Kier molecular flexibility index (Phi) is 2.60. The van der Waals surface area contributed by atoms with E-state index in [2.05, 4.69) is 21.9 Å². The zero-order chi connectivity index (χ0) is 11.7. The van der Waals surface area contributed by atoms with Gasteiger partial charge < -0.3 is 10.3 Å². The van der Waals surface area contributed by atoms with Crippen molar-refractivity contribution in [3.05, 3.63) is 23.8 Å². The fourth-order valence-electron chi connectivity index (χ4n) is 1.65. The molecule has 5 nitrogen and oxygen atoms in total. The Morgan fingerprint density at radius 1 is 1.31 bits per heavy atom. The average molecular weight is 217 g/mol. The van der Waals surface area contributed by atoms with E-state index in [-0.39, 0.29) is 0 Å². The van der Waals surface area contributed by atoms with Crippen LogP contribution < -0.4 is 5.73 Å². The number of imidazole rings is 1. The Bertz CT molecular complexity index is 515. The number of nitrogens with two attached hydrogens (primary N) is 1. The number of nitrogens with zero attached hydrogens (tertiary/aromatic N) is 4. The molecule has 0 bridgehead atoms. The van der Waals surface area contributed by atoms with Gasteiger partial charge in [0.25, 0.3) is 0 Å². The van der Waals surface area contributed by atoms with Crippen LogP contribution in [0.25, 0.3) is 11.5 Å². The highest BCUT2D eigenvalue weighted by molar-refractivity contribution is 5.61. The van der Waals surface area contributed by atoms with Gasteiger partial charge in [-0.25, -0.2) is 15.0 Å². The van der Waals surface area contributed by atoms with Crippen molar-refractivity contribution in [2.45, 2.75) is 27.3 Å². The lowest BCUT2D eigenvalue weighted by Gasteiger charge is -2.09. The molecule has 84 valence electrons. The van der Waals surface area contributed by atoms with E-state index < -0.39 is 0 Å². The summed E-state index contributed by atoms with van der Waals surface area (Å²) in [5.74, 6) is 2.04. The molecule has 0 unspecified atom stereocenters. The van der Waals surface area contributed by atoms with Gasteiger partial charge in [-0.2, -0.15) is 0 Å². The maximum Gasteiger partial charge on any atom is 0.159 e. The average Bonchev–Trinajstić information content (AvgIpc) is 2.71. The lowest BCUT2D eigenvalue weighted by atomic mass is 10.2. The number of hydrogen-bond acceptors (Lipinski definition) is 4. The van der Waals surface area contributed by atoms with E-state index >= 15 is 0 Å². The number of nitrogen functional groups attached to an aromatic ring is 1. The van der Waals surface area contributed by atoms with Gasteiger partial charge in [0.15, 0.2) is 5.82 Å². The highest BCUT2D eigenvalue weighted by Gasteiger charge is 2.13. The highest BCUT2D eigenvalue weighted by atomic mass is 15.1. The van der Waals surface area contributed by atoms with Crippen molar-refractivity contribution < 1.29 is 0 Å². The van der Waals surface area contributed by atoms with E-state index in [9.17, 15) is 0 Å². The summed E-state index contributed by atoms with van der Waals surface area (Å²) in [4.78, 5) is 12.9. The Hall–Kier alpha value is -1.91. The fraction of sp³-hybridized carbons (Fsp3) is 0.364. The van der Waals surface area contributed by atoms with Gasteiger partial charge in [0.2, 0.25) is 0 Å². The second-order valence-electron chi connectivity index (χ2n) is 3.67. The molecule has 0 aliphatic carbocycles. The molecule has 0 amide bonds. The fourth-order valence-corrected chi connectivity index (χ4v) is 1.65. The van der Waals surface area contributed by atoms with Gasteiger partial charge in [-0.15, -0.1) is 0 Å². The predicted octanol–water partition coefficient (Wildman–Crippen LogP) is 1.56. The molecule has 2 rings (SSSR count). The summed E-state index contributed by atoms with van der Waals surface area (Å²) in [7, 11) is 0. The number of rotatable bonds is 2. The van der Waals surface area contributed by atoms with Crippen LogP contribution in [0.4, 0.5) is 5.82 Å². The Labute approximate surface area is 94.4 Å². The van der Waals surface area contributed by atoms with Crippen molar-refractivity contribution in [1.82, 2.24) is 19.5 Å². The summed E-state index contributed by atoms with van der Waals surface area (Å²) in [5.41, 5.74) is 7.53. The molecule has 2 N–H and O–H groups in total. The van der Waals surface area contributed by atoms with Crippen LogP contribution >= 0.6 is 0 Å². The minimum absolute atomic E-state index is 0.521. The SMILES string of the molecule is CCn1ccnc1-c1nc(C)nc(N)c1C. The van der Waals surface area contributed by atoms with Crippen LogP contribution in [-0.2, 0) is 6.54 Å². The molecule has 0 radical (unpaired) electrons. The zero-order valence-corrected chi connectivity index (χ0v) is 9.73. The predicted molar refractivity (Wildman–Crippen MR) is 62.8 cm³/mol. The number of aryl methyl sites for hydroxylation is 2. The van der Waals surface area contributed by atoms with Gasteiger partial charge in [0.05, 0.1) is 0 Å². The maximum absolute atomic E-state index is 5.83. The first-order chi connectivity index (χ1) is 7.63. The van der Waals surface area contributed by atoms with Crippen molar-refractivity contribution in [3.63, 3.8) is 0 Å². The van der Waals surface area contributed by atoms with Crippen LogP contribution in [0, 0.1) is 13.8 Å². The molecule has 0 fully saturated rings. The van der Waals surface area contributed by atoms with Gasteiger partial charge in [0.1, 0.15) is 17.3 Å². The highest BCUT2D eigenvalue weighted by Crippen LogP contribution is 2.22. The summed E-state index contributed by atoms with van der Waals surface area (Å²) < 4.78 is 2.04. The van der Waals surface area contributed by atoms with Crippen molar-refractivity contribution >= 4 is 5.82 Å². The third-order valence-corrected chi connectivity index (χ3v) is 2.56. The van der Waals surface area contributed by atoms with E-state index in [1.807, 2.05) is 24.6 Å². The molecule has 16 heavy (non-hydrogen) atoms. The first kappa shape index (κ1) is 10.6. The van der Waals surface area contributed by atoms with Crippen molar-refractivity contribution in [1.29, 1.82) is 0 Å². The van der Waals surface area contributed by atoms with Crippen molar-refractivity contribution in [2.24, 2.45) is 0 Å². The number of hydrogen-bond donors (Lipinski definition) is 1. The molecule has 0 saturated carbocycles. The molecule has 2 aromatic heterocycles. The topological polar surface area (TPSA) is 69.6 Å². The van der Waals surface area contributed by atoms with Crippen molar-refractivity contribution in [3.8, 4) is 11.5 Å². The molecular weight excluding hydrogens is 202 g/mol. The van der Waals surface area contributed by atoms with E-state index in [1.165, 1.54) is 0 Å². The van der Waals surface area contributed by atoms with Crippen LogP contribution in [0.3, 0.4) is 0 Å². The third-order valence-electron chi connectivity index (χ3n) is 2.56. The normalized spacial score (nSPS) is 10.7. The minimum atomic E-state index is 0.521. The van der Waals surface area contributed by atoms with E-state index in [0.717, 1.165) is 23.6 Å². The molecule has 2 heterocycles. The van der Waals surface area contributed by atoms with Gasteiger partial charge in [-0.1, -0.05) is 0 Å². The molecule has 0 aliphatic heterocycles. The second kappa shape index (κ2) is 3.92. The van der Waals surface area contributed by atoms with Crippen molar-refractivity contribution in [2.75, 3.05) is 5.73 Å². The summed E-state index contributed by atoms with van der Waals surface area (Å²) >= 11 is 0. The first-order valence-corrected chi connectivity index (χ1v) is 5.25. The zero-order valence-electron chi connectivity index (χ0n) is 9.73. The second-order valence-corrected chi connectivity index (χ2v) is 3.67. The molecule has 0 spiro atoms. The van der Waals surface area contributed by atoms with Crippen LogP contribution in [0.5, 0.6) is 0 Å². The van der Waals surface area contributed by atoms with Crippen LogP contribution in [-0.4, -0.2) is 19.5 Å². The van der Waals surface area contributed by atoms with Crippen LogP contribution in [0.2, 0.25) is 0 Å². The van der Waals surface area contributed by atoms with Gasteiger partial charge >= 0.3 is 0 Å². The maximum atomic E-state index is 5.83. The summed E-state index contributed by atoms with van der Waals surface area (Å²) in [6, 6.07) is 0. The Morgan fingerprint density at radius 2 is 2.06 bits per heavy atom. The molecule has 0 saturated heterocycles. The van der Waals surface area contributed by atoms with Gasteiger partial charge in [-0.3, -0.25) is 0 Å². The molecule has 0 aliphatic rings. The van der Waals surface area contributed by atoms with Crippen LogP contribution in [0.15, 0.2) is 12.4 Å². The monoisotopic (exact) mass is 217 g/mol. The minimum Gasteiger partial charge on any atom is -0.383 e. The molecule has 2 aromatic rings. The standard InChI is InChI=1S/C11H15N5/c1-4-16-6-5-13-11(16)9-7(2)10(12)15-8(3)14-9/h5-6H,4H2,1-3H3,(H2,12,14,15). The lowest BCUT2D eigenvalue weighted by Crippen LogP contribution is -2.05. The largest absolute Gasteiger partial charge is 0.383 e. The summed E-state index contributed by atoms with van der Waals surface area (Å²) in [6.07, 6.45) is 3.70. The molecule has 0 aromatic carbocycles. The number of anilines is 1. The molecular formula is C11H15N5. The Morgan fingerprint density at radius 3 is 2.75 bits per heavy atom. The van der Waals surface area contributed by atoms with Gasteiger partial charge in [0, 0.05) is 24.5 Å².